The number of hydrogen-bond acceptors (Lipinski definition) is 2. The standard InChI is InChI=1S/C13H19BrOS/c1-3-7-15-13-5-4-11(14)9-12(13)10(2)6-8-16/h4-5,9-10,16H,3,6-8H2,1-2H3. The Morgan fingerprint density at radius 3 is 2.81 bits per heavy atom. The summed E-state index contributed by atoms with van der Waals surface area (Å²) in [5.41, 5.74) is 1.27. The van der Waals surface area contributed by atoms with E-state index in [1.807, 2.05) is 12.1 Å². The highest BCUT2D eigenvalue weighted by Gasteiger charge is 2.11. The molecule has 0 saturated carbocycles. The second-order valence-electron chi connectivity index (χ2n) is 3.94. The summed E-state index contributed by atoms with van der Waals surface area (Å²) in [5, 5.41) is 0. The first kappa shape index (κ1) is 13.9. The van der Waals surface area contributed by atoms with E-state index in [1.54, 1.807) is 0 Å². The van der Waals surface area contributed by atoms with E-state index >= 15 is 0 Å². The zero-order chi connectivity index (χ0) is 12.0. The van der Waals surface area contributed by atoms with Crippen LogP contribution in [-0.4, -0.2) is 12.4 Å². The van der Waals surface area contributed by atoms with Crippen LogP contribution in [-0.2, 0) is 0 Å². The van der Waals surface area contributed by atoms with Gasteiger partial charge in [0.25, 0.3) is 0 Å². The maximum Gasteiger partial charge on any atom is 0.122 e. The van der Waals surface area contributed by atoms with Crippen LogP contribution in [0.15, 0.2) is 22.7 Å². The summed E-state index contributed by atoms with van der Waals surface area (Å²) < 4.78 is 6.87. The molecule has 0 N–H and O–H groups in total. The molecule has 0 aromatic heterocycles. The van der Waals surface area contributed by atoms with Crippen LogP contribution >= 0.6 is 28.6 Å². The number of rotatable bonds is 6. The zero-order valence-electron chi connectivity index (χ0n) is 9.87. The maximum atomic E-state index is 5.76. The Hall–Kier alpha value is -0.150. The lowest BCUT2D eigenvalue weighted by molar-refractivity contribution is 0.312. The molecule has 0 amide bonds. The van der Waals surface area contributed by atoms with E-state index in [0.29, 0.717) is 5.92 Å². The Morgan fingerprint density at radius 2 is 2.19 bits per heavy atom. The maximum absolute atomic E-state index is 5.76. The number of benzene rings is 1. The highest BCUT2D eigenvalue weighted by atomic mass is 79.9. The van der Waals surface area contributed by atoms with Gasteiger partial charge in [0, 0.05) is 4.47 Å². The summed E-state index contributed by atoms with van der Waals surface area (Å²) in [5.74, 6) is 2.40. The lowest BCUT2D eigenvalue weighted by Crippen LogP contribution is -2.02. The molecule has 0 spiro atoms. The molecule has 90 valence electrons. The summed E-state index contributed by atoms with van der Waals surface area (Å²) in [6, 6.07) is 6.23. The molecule has 0 aliphatic carbocycles. The van der Waals surface area contributed by atoms with Crippen LogP contribution in [0, 0.1) is 0 Å². The van der Waals surface area contributed by atoms with Gasteiger partial charge < -0.3 is 4.74 Å². The molecule has 1 atom stereocenters. The molecule has 0 radical (unpaired) electrons. The summed E-state index contributed by atoms with van der Waals surface area (Å²) >= 11 is 7.80. The number of halogens is 1. The van der Waals surface area contributed by atoms with E-state index in [1.165, 1.54) is 5.56 Å². The highest BCUT2D eigenvalue weighted by Crippen LogP contribution is 2.31. The fourth-order valence-electron chi connectivity index (χ4n) is 1.60. The van der Waals surface area contributed by atoms with Gasteiger partial charge in [0.05, 0.1) is 6.61 Å². The molecule has 1 aromatic carbocycles. The Bertz CT molecular complexity index is 328. The molecular weight excluding hydrogens is 284 g/mol. The average Bonchev–Trinajstić information content (AvgIpc) is 2.27. The Morgan fingerprint density at radius 1 is 1.44 bits per heavy atom. The number of hydrogen-bond donors (Lipinski definition) is 1. The molecule has 0 fully saturated rings. The van der Waals surface area contributed by atoms with Gasteiger partial charge in [0.1, 0.15) is 5.75 Å². The second kappa shape index (κ2) is 7.23. The molecule has 1 nitrogen and oxygen atoms in total. The van der Waals surface area contributed by atoms with Crippen molar-refractivity contribution in [2.45, 2.75) is 32.6 Å². The Labute approximate surface area is 112 Å². The van der Waals surface area contributed by atoms with E-state index in [-0.39, 0.29) is 0 Å². The largest absolute Gasteiger partial charge is 0.493 e. The quantitative estimate of drug-likeness (QED) is 0.752. The first-order chi connectivity index (χ1) is 7.69. The fourth-order valence-corrected chi connectivity index (χ4v) is 2.36. The van der Waals surface area contributed by atoms with E-state index in [2.05, 4.69) is 48.5 Å². The minimum atomic E-state index is 0.488. The van der Waals surface area contributed by atoms with Crippen molar-refractivity contribution in [3.63, 3.8) is 0 Å². The van der Waals surface area contributed by atoms with Crippen molar-refractivity contribution >= 4 is 28.6 Å². The Balaban J connectivity index is 2.88. The lowest BCUT2D eigenvalue weighted by atomic mass is 9.98. The lowest BCUT2D eigenvalue weighted by Gasteiger charge is -2.16. The summed E-state index contributed by atoms with van der Waals surface area (Å²) in [4.78, 5) is 0. The molecule has 0 saturated heterocycles. The molecule has 0 aliphatic heterocycles. The molecule has 0 heterocycles. The summed E-state index contributed by atoms with van der Waals surface area (Å²) in [6.45, 7) is 5.12. The van der Waals surface area contributed by atoms with Gasteiger partial charge in [-0.25, -0.2) is 0 Å². The van der Waals surface area contributed by atoms with Crippen molar-refractivity contribution in [1.82, 2.24) is 0 Å². The summed E-state index contributed by atoms with van der Waals surface area (Å²) in [6.07, 6.45) is 2.11. The number of thiol groups is 1. The van der Waals surface area contributed by atoms with Crippen LogP contribution in [0.25, 0.3) is 0 Å². The van der Waals surface area contributed by atoms with Crippen LogP contribution in [0.3, 0.4) is 0 Å². The third-order valence-corrected chi connectivity index (χ3v) is 3.28. The third kappa shape index (κ3) is 4.02. The van der Waals surface area contributed by atoms with Crippen LogP contribution in [0.5, 0.6) is 5.75 Å². The van der Waals surface area contributed by atoms with Crippen molar-refractivity contribution in [3.05, 3.63) is 28.2 Å². The number of ether oxygens (including phenoxy) is 1. The first-order valence-electron chi connectivity index (χ1n) is 5.72. The molecule has 0 bridgehead atoms. The van der Waals surface area contributed by atoms with Crippen LogP contribution in [0.4, 0.5) is 0 Å². The molecule has 3 heteroatoms. The van der Waals surface area contributed by atoms with E-state index < -0.39 is 0 Å². The monoisotopic (exact) mass is 302 g/mol. The third-order valence-electron chi connectivity index (χ3n) is 2.53. The van der Waals surface area contributed by atoms with E-state index in [4.69, 9.17) is 4.74 Å². The normalized spacial score (nSPS) is 12.5. The minimum Gasteiger partial charge on any atom is -0.493 e. The van der Waals surface area contributed by atoms with Gasteiger partial charge in [0.2, 0.25) is 0 Å². The van der Waals surface area contributed by atoms with Crippen LogP contribution < -0.4 is 4.74 Å². The zero-order valence-corrected chi connectivity index (χ0v) is 12.4. The minimum absolute atomic E-state index is 0.488. The van der Waals surface area contributed by atoms with Gasteiger partial charge in [-0.1, -0.05) is 29.8 Å². The van der Waals surface area contributed by atoms with Crippen LogP contribution in [0.1, 0.15) is 38.2 Å². The van der Waals surface area contributed by atoms with E-state index in [0.717, 1.165) is 35.4 Å². The molecular formula is C13H19BrOS. The molecule has 0 aliphatic rings. The van der Waals surface area contributed by atoms with Crippen LogP contribution in [0.2, 0.25) is 0 Å². The SMILES string of the molecule is CCCOc1ccc(Br)cc1C(C)CCS. The first-order valence-corrected chi connectivity index (χ1v) is 7.14. The molecule has 16 heavy (non-hydrogen) atoms. The predicted molar refractivity (Wildman–Crippen MR) is 76.8 cm³/mol. The summed E-state index contributed by atoms with van der Waals surface area (Å²) in [7, 11) is 0. The van der Waals surface area contributed by atoms with Gasteiger partial charge in [-0.05, 0) is 48.3 Å². The molecule has 1 unspecified atom stereocenters. The van der Waals surface area contributed by atoms with Gasteiger partial charge in [0.15, 0.2) is 0 Å². The second-order valence-corrected chi connectivity index (χ2v) is 5.31. The smallest absolute Gasteiger partial charge is 0.122 e. The van der Waals surface area contributed by atoms with Crippen molar-refractivity contribution in [2.24, 2.45) is 0 Å². The van der Waals surface area contributed by atoms with Crippen molar-refractivity contribution in [1.29, 1.82) is 0 Å². The highest BCUT2D eigenvalue weighted by molar-refractivity contribution is 9.10. The van der Waals surface area contributed by atoms with Gasteiger partial charge in [-0.15, -0.1) is 0 Å². The molecule has 1 aromatic rings. The molecule has 1 rings (SSSR count). The predicted octanol–water partition coefficient (Wildman–Crippen LogP) is 4.66. The topological polar surface area (TPSA) is 9.23 Å². The van der Waals surface area contributed by atoms with E-state index in [9.17, 15) is 0 Å². The van der Waals surface area contributed by atoms with Crippen molar-refractivity contribution in [2.75, 3.05) is 12.4 Å². The Kier molecular flexibility index (Phi) is 6.29. The van der Waals surface area contributed by atoms with Gasteiger partial charge in [-0.2, -0.15) is 12.6 Å². The van der Waals surface area contributed by atoms with Gasteiger partial charge in [-0.3, -0.25) is 0 Å². The van der Waals surface area contributed by atoms with Crippen molar-refractivity contribution in [3.8, 4) is 5.75 Å². The fraction of sp³-hybridized carbons (Fsp3) is 0.538. The van der Waals surface area contributed by atoms with Crippen molar-refractivity contribution < 1.29 is 4.74 Å². The average molecular weight is 303 g/mol. The van der Waals surface area contributed by atoms with Gasteiger partial charge >= 0.3 is 0 Å².